The van der Waals surface area contributed by atoms with Crippen LogP contribution >= 0.6 is 12.6 Å². The number of carbonyl (C=O) groups excluding carboxylic acids is 1. The van der Waals surface area contributed by atoms with Gasteiger partial charge in [0.15, 0.2) is 0 Å². The lowest BCUT2D eigenvalue weighted by atomic mass is 10.1. The number of aliphatic carboxylic acids is 1. The van der Waals surface area contributed by atoms with Gasteiger partial charge in [-0.25, -0.2) is 0 Å². The Bertz CT molecular complexity index is 499. The molecule has 0 unspecified atom stereocenters. The van der Waals surface area contributed by atoms with Crippen molar-refractivity contribution in [3.63, 3.8) is 0 Å². The average Bonchev–Trinajstić information content (AvgIpc) is 2.52. The van der Waals surface area contributed by atoms with Gasteiger partial charge in [0.05, 0.1) is 6.04 Å². The Labute approximate surface area is 142 Å². The fourth-order valence-corrected chi connectivity index (χ4v) is 2.72. The maximum atomic E-state index is 11.9. The topological polar surface area (TPSA) is 104 Å². The first kappa shape index (κ1) is 19.5. The molecule has 23 heavy (non-hydrogen) atoms. The lowest BCUT2D eigenvalue weighted by molar-refractivity contribution is -0.139. The van der Waals surface area contributed by atoms with Crippen molar-refractivity contribution in [2.45, 2.75) is 36.6 Å². The molecule has 1 rings (SSSR count). The summed E-state index contributed by atoms with van der Waals surface area (Å²) in [5.74, 6) is -1.13. The Morgan fingerprint density at radius 3 is 2.52 bits per heavy atom. The van der Waals surface area contributed by atoms with E-state index in [2.05, 4.69) is 23.3 Å². The zero-order valence-corrected chi connectivity index (χ0v) is 14.1. The lowest BCUT2D eigenvalue weighted by Gasteiger charge is -2.19. The minimum atomic E-state index is -0.929. The van der Waals surface area contributed by atoms with E-state index in [0.717, 1.165) is 5.56 Å². The van der Waals surface area contributed by atoms with Crippen LogP contribution in [0.2, 0.25) is 0 Å². The van der Waals surface area contributed by atoms with Crippen LogP contribution in [-0.2, 0) is 16.0 Å². The highest BCUT2D eigenvalue weighted by Crippen LogP contribution is 2.10. The largest absolute Gasteiger partial charge is 0.480 e. The molecule has 1 aromatic carbocycles. The molecular weight excluding hydrogens is 314 g/mol. The van der Waals surface area contributed by atoms with Gasteiger partial charge in [-0.3, -0.25) is 9.59 Å². The fourth-order valence-electron chi connectivity index (χ4n) is 2.26. The lowest BCUT2D eigenvalue weighted by Crippen LogP contribution is -2.43. The number of nitrogens with two attached hydrogens (primary N) is 1. The number of nitrogens with one attached hydrogen (secondary N) is 2. The van der Waals surface area contributed by atoms with Crippen molar-refractivity contribution < 1.29 is 14.7 Å². The number of rotatable bonds is 10. The number of carbonyl (C=O) groups is 2. The number of hydrogen-bond donors (Lipinski definition) is 5. The zero-order chi connectivity index (χ0) is 17.2. The van der Waals surface area contributed by atoms with E-state index in [-0.39, 0.29) is 11.2 Å². The maximum Gasteiger partial charge on any atom is 0.321 e. The number of benzene rings is 1. The molecule has 3 atom stereocenters. The molecule has 0 saturated carbocycles. The third-order valence-electron chi connectivity index (χ3n) is 3.57. The SMILES string of the molecule is CN[C@H](C(=O)O)[C@@H](S)CCCNC(=O)[C@H](N)Cc1ccccc1. The van der Waals surface area contributed by atoms with Gasteiger partial charge in [0.2, 0.25) is 5.91 Å². The van der Waals surface area contributed by atoms with Crippen molar-refractivity contribution in [1.29, 1.82) is 0 Å². The van der Waals surface area contributed by atoms with Crippen LogP contribution in [0.5, 0.6) is 0 Å². The molecule has 7 heteroatoms. The number of hydrogen-bond acceptors (Lipinski definition) is 5. The molecule has 0 aliphatic carbocycles. The second kappa shape index (κ2) is 10.3. The monoisotopic (exact) mass is 339 g/mol. The highest BCUT2D eigenvalue weighted by Gasteiger charge is 2.23. The van der Waals surface area contributed by atoms with Crippen molar-refractivity contribution in [3.05, 3.63) is 35.9 Å². The number of carboxylic acids is 1. The van der Waals surface area contributed by atoms with Gasteiger partial charge in [0, 0.05) is 11.8 Å². The van der Waals surface area contributed by atoms with Gasteiger partial charge in [0.25, 0.3) is 0 Å². The minimum Gasteiger partial charge on any atom is -0.480 e. The third-order valence-corrected chi connectivity index (χ3v) is 4.13. The molecule has 6 nitrogen and oxygen atoms in total. The standard InChI is InChI=1S/C16H25N3O3S/c1-18-14(16(21)22)13(23)8-5-9-19-15(20)12(17)10-11-6-3-2-4-7-11/h2-4,6-7,12-14,18,23H,5,8-10,17H2,1H3,(H,19,20)(H,21,22)/t12-,13+,14+/m1/s1. The maximum absolute atomic E-state index is 11.9. The van der Waals surface area contributed by atoms with Crippen LogP contribution in [0.15, 0.2) is 30.3 Å². The van der Waals surface area contributed by atoms with Gasteiger partial charge < -0.3 is 21.5 Å². The third kappa shape index (κ3) is 7.02. The molecule has 128 valence electrons. The molecule has 1 amide bonds. The van der Waals surface area contributed by atoms with Gasteiger partial charge >= 0.3 is 5.97 Å². The predicted octanol–water partition coefficient (Wildman–Crippen LogP) is 0.424. The Hall–Kier alpha value is -1.57. The van der Waals surface area contributed by atoms with Gasteiger partial charge in [-0.2, -0.15) is 12.6 Å². The number of carboxylic acid groups (broad SMARTS) is 1. The van der Waals surface area contributed by atoms with E-state index in [1.807, 2.05) is 30.3 Å². The van der Waals surface area contributed by atoms with Crippen LogP contribution < -0.4 is 16.4 Å². The van der Waals surface area contributed by atoms with Crippen molar-refractivity contribution in [1.82, 2.24) is 10.6 Å². The van der Waals surface area contributed by atoms with Gasteiger partial charge in [0.1, 0.15) is 6.04 Å². The molecule has 0 fully saturated rings. The molecule has 0 saturated heterocycles. The second-order valence-electron chi connectivity index (χ2n) is 5.40. The first-order chi connectivity index (χ1) is 11.0. The zero-order valence-electron chi connectivity index (χ0n) is 13.2. The summed E-state index contributed by atoms with van der Waals surface area (Å²) in [6.07, 6.45) is 1.71. The Balaban J connectivity index is 2.27. The second-order valence-corrected chi connectivity index (χ2v) is 6.06. The van der Waals surface area contributed by atoms with E-state index >= 15 is 0 Å². The summed E-state index contributed by atoms with van der Waals surface area (Å²) in [5.41, 5.74) is 6.90. The van der Waals surface area contributed by atoms with Crippen molar-refractivity contribution in [2.75, 3.05) is 13.6 Å². The first-order valence-corrected chi connectivity index (χ1v) is 8.12. The highest BCUT2D eigenvalue weighted by molar-refractivity contribution is 7.81. The average molecular weight is 339 g/mol. The molecule has 0 heterocycles. The smallest absolute Gasteiger partial charge is 0.321 e. The number of thiol groups is 1. The fraction of sp³-hybridized carbons (Fsp3) is 0.500. The van der Waals surface area contributed by atoms with Gasteiger partial charge in [-0.05, 0) is 31.9 Å². The van der Waals surface area contributed by atoms with E-state index in [4.69, 9.17) is 10.8 Å². The summed E-state index contributed by atoms with van der Waals surface area (Å²) in [5, 5.41) is 14.2. The Morgan fingerprint density at radius 2 is 1.96 bits per heavy atom. The van der Waals surface area contributed by atoms with Gasteiger partial charge in [-0.15, -0.1) is 0 Å². The minimum absolute atomic E-state index is 0.201. The number of amides is 1. The summed E-state index contributed by atoms with van der Waals surface area (Å²) in [6, 6.07) is 8.31. The van der Waals surface area contributed by atoms with E-state index < -0.39 is 18.1 Å². The number of likely N-dealkylation sites (N-methyl/N-ethyl adjacent to an activating group) is 1. The normalized spacial score (nSPS) is 14.7. The van der Waals surface area contributed by atoms with Crippen LogP contribution in [0.4, 0.5) is 0 Å². The summed E-state index contributed by atoms with van der Waals surface area (Å²) in [7, 11) is 1.59. The van der Waals surface area contributed by atoms with E-state index in [1.165, 1.54) is 0 Å². The first-order valence-electron chi connectivity index (χ1n) is 7.61. The van der Waals surface area contributed by atoms with E-state index in [0.29, 0.717) is 25.8 Å². The molecule has 0 aliphatic heterocycles. The van der Waals surface area contributed by atoms with Crippen LogP contribution in [-0.4, -0.2) is 47.9 Å². The molecular formula is C16H25N3O3S. The summed E-state index contributed by atoms with van der Waals surface area (Å²) in [6.45, 7) is 0.453. The molecule has 0 bridgehead atoms. The van der Waals surface area contributed by atoms with Gasteiger partial charge in [-0.1, -0.05) is 30.3 Å². The van der Waals surface area contributed by atoms with Crippen LogP contribution in [0.3, 0.4) is 0 Å². The van der Waals surface area contributed by atoms with Crippen molar-refractivity contribution in [3.8, 4) is 0 Å². The van der Waals surface area contributed by atoms with Crippen LogP contribution in [0.1, 0.15) is 18.4 Å². The molecule has 0 aliphatic rings. The van der Waals surface area contributed by atoms with Crippen molar-refractivity contribution >= 4 is 24.5 Å². The Morgan fingerprint density at radius 1 is 1.30 bits per heavy atom. The molecule has 1 aromatic rings. The Kier molecular flexibility index (Phi) is 8.68. The predicted molar refractivity (Wildman–Crippen MR) is 93.6 cm³/mol. The quantitative estimate of drug-likeness (QED) is 0.314. The molecule has 5 N–H and O–H groups in total. The van der Waals surface area contributed by atoms with E-state index in [1.54, 1.807) is 7.05 Å². The van der Waals surface area contributed by atoms with E-state index in [9.17, 15) is 9.59 Å². The molecule has 0 radical (unpaired) electrons. The summed E-state index contributed by atoms with van der Waals surface area (Å²) >= 11 is 4.30. The van der Waals surface area contributed by atoms with Crippen LogP contribution in [0.25, 0.3) is 0 Å². The summed E-state index contributed by atoms with van der Waals surface area (Å²) in [4.78, 5) is 22.9. The molecule has 0 spiro atoms. The summed E-state index contributed by atoms with van der Waals surface area (Å²) < 4.78 is 0. The highest BCUT2D eigenvalue weighted by atomic mass is 32.1. The van der Waals surface area contributed by atoms with Crippen molar-refractivity contribution in [2.24, 2.45) is 5.73 Å². The molecule has 0 aromatic heterocycles. The van der Waals surface area contributed by atoms with Crippen LogP contribution in [0, 0.1) is 0 Å².